The lowest BCUT2D eigenvalue weighted by molar-refractivity contribution is -0.0792. The van der Waals surface area contributed by atoms with Crippen LogP contribution in [0.5, 0.6) is 0 Å². The normalized spacial score (nSPS) is 18.7. The van der Waals surface area contributed by atoms with Gasteiger partial charge in [-0.25, -0.2) is 0 Å². The number of aryl methyl sites for hydroxylation is 1. The minimum Gasteiger partial charge on any atom is -0.370 e. The zero-order valence-electron chi connectivity index (χ0n) is 15.5. The van der Waals surface area contributed by atoms with Crippen LogP contribution in [0.4, 0.5) is 0 Å². The summed E-state index contributed by atoms with van der Waals surface area (Å²) in [7, 11) is 3.79. The number of thiophene rings is 1. The third kappa shape index (κ3) is 3.31. The molecule has 1 spiro atoms. The molecule has 4 rings (SSSR count). The zero-order valence-corrected chi connectivity index (χ0v) is 16.3. The van der Waals surface area contributed by atoms with Gasteiger partial charge in [-0.15, -0.1) is 11.3 Å². The van der Waals surface area contributed by atoms with E-state index >= 15 is 0 Å². The highest BCUT2D eigenvalue weighted by Crippen LogP contribution is 2.43. The number of carbonyl (C=O) groups is 1. The van der Waals surface area contributed by atoms with Crippen molar-refractivity contribution in [2.75, 3.05) is 33.3 Å². The van der Waals surface area contributed by atoms with E-state index in [-0.39, 0.29) is 11.5 Å². The first-order valence-electron chi connectivity index (χ1n) is 9.28. The summed E-state index contributed by atoms with van der Waals surface area (Å²) in [6, 6.07) is 2.10. The lowest BCUT2D eigenvalue weighted by Gasteiger charge is -2.40. The molecule has 0 atom stereocenters. The quantitative estimate of drug-likeness (QED) is 0.889. The highest BCUT2D eigenvalue weighted by molar-refractivity contribution is 7.14. The van der Waals surface area contributed by atoms with Crippen LogP contribution in [0.1, 0.15) is 38.5 Å². The van der Waals surface area contributed by atoms with Crippen molar-refractivity contribution in [2.24, 2.45) is 7.05 Å². The molecule has 1 fully saturated rings. The molecule has 0 radical (unpaired) electrons. The van der Waals surface area contributed by atoms with Gasteiger partial charge in [0.1, 0.15) is 0 Å². The number of hydrogen-bond acceptors (Lipinski definition) is 5. The van der Waals surface area contributed by atoms with E-state index in [1.54, 1.807) is 16.0 Å². The fourth-order valence-corrected chi connectivity index (χ4v) is 5.18. The molecule has 140 valence electrons. The van der Waals surface area contributed by atoms with Gasteiger partial charge < -0.3 is 15.0 Å². The topological polar surface area (TPSA) is 59.4 Å². The van der Waals surface area contributed by atoms with Crippen LogP contribution in [0.15, 0.2) is 18.5 Å². The van der Waals surface area contributed by atoms with Crippen molar-refractivity contribution < 1.29 is 9.53 Å². The Labute approximate surface area is 158 Å². The molecule has 1 saturated heterocycles. The molecule has 2 aromatic heterocycles. The second-order valence-electron chi connectivity index (χ2n) is 7.29. The van der Waals surface area contributed by atoms with Crippen molar-refractivity contribution in [2.45, 2.75) is 31.3 Å². The van der Waals surface area contributed by atoms with E-state index in [2.05, 4.69) is 16.5 Å². The molecule has 1 amide bonds. The maximum atomic E-state index is 12.9. The van der Waals surface area contributed by atoms with Crippen molar-refractivity contribution in [3.8, 4) is 0 Å². The first kappa shape index (κ1) is 17.7. The molecule has 0 bridgehead atoms. The standard InChI is InChI=1S/C19H26N4O2S/c1-22(9-3-14-12-21-23(2)13-14)18(24)17-11-15-16(26-17)4-10-25-19(15)5-7-20-8-6-19/h11-13,20H,3-10H2,1-2H3. The summed E-state index contributed by atoms with van der Waals surface area (Å²) >= 11 is 1.66. The van der Waals surface area contributed by atoms with Gasteiger partial charge in [-0.05, 0) is 49.5 Å². The van der Waals surface area contributed by atoms with Gasteiger partial charge in [-0.2, -0.15) is 5.10 Å². The highest BCUT2D eigenvalue weighted by Gasteiger charge is 2.40. The van der Waals surface area contributed by atoms with Gasteiger partial charge in [-0.1, -0.05) is 0 Å². The highest BCUT2D eigenvalue weighted by atomic mass is 32.1. The molecular formula is C19H26N4O2S. The van der Waals surface area contributed by atoms with E-state index in [0.717, 1.165) is 55.8 Å². The molecule has 1 N–H and O–H groups in total. The van der Waals surface area contributed by atoms with Crippen LogP contribution in [0.3, 0.4) is 0 Å². The van der Waals surface area contributed by atoms with Crippen molar-refractivity contribution >= 4 is 17.2 Å². The molecule has 0 saturated carbocycles. The van der Waals surface area contributed by atoms with E-state index in [1.807, 2.05) is 31.4 Å². The third-order valence-electron chi connectivity index (χ3n) is 5.47. The van der Waals surface area contributed by atoms with Gasteiger partial charge in [-0.3, -0.25) is 9.48 Å². The molecule has 26 heavy (non-hydrogen) atoms. The predicted molar refractivity (Wildman–Crippen MR) is 102 cm³/mol. The monoisotopic (exact) mass is 374 g/mol. The van der Waals surface area contributed by atoms with Crippen LogP contribution < -0.4 is 5.32 Å². The maximum absolute atomic E-state index is 12.9. The Kier molecular flexibility index (Phi) is 4.86. The average Bonchev–Trinajstić information content (AvgIpc) is 3.27. The maximum Gasteiger partial charge on any atom is 0.263 e. The largest absolute Gasteiger partial charge is 0.370 e. The van der Waals surface area contributed by atoms with E-state index in [0.29, 0.717) is 6.54 Å². The van der Waals surface area contributed by atoms with Crippen LogP contribution in [0, 0.1) is 0 Å². The summed E-state index contributed by atoms with van der Waals surface area (Å²) in [5.74, 6) is 0.109. The number of nitrogens with zero attached hydrogens (tertiary/aromatic N) is 3. The van der Waals surface area contributed by atoms with E-state index in [9.17, 15) is 4.79 Å². The molecule has 7 heteroatoms. The van der Waals surface area contributed by atoms with Crippen molar-refractivity contribution in [3.05, 3.63) is 39.3 Å². The first-order valence-corrected chi connectivity index (χ1v) is 10.1. The van der Waals surface area contributed by atoms with Crippen LogP contribution >= 0.6 is 11.3 Å². The Morgan fingerprint density at radius 3 is 3.00 bits per heavy atom. The second-order valence-corrected chi connectivity index (χ2v) is 8.43. The summed E-state index contributed by atoms with van der Waals surface area (Å²) in [6.07, 6.45) is 7.57. The van der Waals surface area contributed by atoms with Crippen molar-refractivity contribution in [1.82, 2.24) is 20.0 Å². The number of ether oxygens (including phenoxy) is 1. The van der Waals surface area contributed by atoms with Gasteiger partial charge in [0.25, 0.3) is 5.91 Å². The molecule has 2 aromatic rings. The van der Waals surface area contributed by atoms with Crippen molar-refractivity contribution in [3.63, 3.8) is 0 Å². The summed E-state index contributed by atoms with van der Waals surface area (Å²) < 4.78 is 8.02. The van der Waals surface area contributed by atoms with Gasteiger partial charge in [0.05, 0.1) is 23.3 Å². The minimum atomic E-state index is -0.178. The van der Waals surface area contributed by atoms with Crippen molar-refractivity contribution in [1.29, 1.82) is 0 Å². The van der Waals surface area contributed by atoms with Crippen LogP contribution in [-0.2, 0) is 30.2 Å². The first-order chi connectivity index (χ1) is 12.6. The van der Waals surface area contributed by atoms with Gasteiger partial charge in [0, 0.05) is 38.1 Å². The number of nitrogens with one attached hydrogen (secondary N) is 1. The minimum absolute atomic E-state index is 0.109. The number of rotatable bonds is 4. The molecule has 0 aliphatic carbocycles. The molecule has 6 nitrogen and oxygen atoms in total. The Morgan fingerprint density at radius 1 is 1.46 bits per heavy atom. The third-order valence-corrected chi connectivity index (χ3v) is 6.65. The smallest absolute Gasteiger partial charge is 0.263 e. The van der Waals surface area contributed by atoms with Crippen LogP contribution in [-0.4, -0.2) is 53.9 Å². The van der Waals surface area contributed by atoms with E-state index < -0.39 is 0 Å². The Hall–Kier alpha value is -1.70. The Balaban J connectivity index is 1.48. The summed E-state index contributed by atoms with van der Waals surface area (Å²) in [5, 5.41) is 7.60. The fourth-order valence-electron chi connectivity index (χ4n) is 3.95. The summed E-state index contributed by atoms with van der Waals surface area (Å²) in [6.45, 7) is 3.41. The lowest BCUT2D eigenvalue weighted by atomic mass is 9.83. The number of amides is 1. The van der Waals surface area contributed by atoms with E-state index in [4.69, 9.17) is 4.74 Å². The summed E-state index contributed by atoms with van der Waals surface area (Å²) in [4.78, 5) is 16.9. The number of piperidine rings is 1. The second kappa shape index (κ2) is 7.13. The van der Waals surface area contributed by atoms with Crippen LogP contribution in [0.2, 0.25) is 0 Å². The van der Waals surface area contributed by atoms with Gasteiger partial charge in [0.2, 0.25) is 0 Å². The lowest BCUT2D eigenvalue weighted by Crippen LogP contribution is -2.44. The number of fused-ring (bicyclic) bond motifs is 2. The number of hydrogen-bond donors (Lipinski definition) is 1. The van der Waals surface area contributed by atoms with Crippen LogP contribution in [0.25, 0.3) is 0 Å². The Morgan fingerprint density at radius 2 is 2.27 bits per heavy atom. The number of likely N-dealkylation sites (N-methyl/N-ethyl adjacent to an activating group) is 1. The zero-order chi connectivity index (χ0) is 18.1. The molecule has 0 aromatic carbocycles. The van der Waals surface area contributed by atoms with Gasteiger partial charge >= 0.3 is 0 Å². The Bertz CT molecular complexity index is 791. The molecular weight excluding hydrogens is 348 g/mol. The molecule has 2 aliphatic heterocycles. The molecule has 2 aliphatic rings. The number of aromatic nitrogens is 2. The predicted octanol–water partition coefficient (Wildman–Crippen LogP) is 1.95. The van der Waals surface area contributed by atoms with E-state index in [1.165, 1.54) is 10.4 Å². The average molecular weight is 375 g/mol. The van der Waals surface area contributed by atoms with Gasteiger partial charge in [0.15, 0.2) is 0 Å². The fraction of sp³-hybridized carbons (Fsp3) is 0.579. The molecule has 4 heterocycles. The number of carbonyl (C=O) groups excluding carboxylic acids is 1. The molecule has 0 unspecified atom stereocenters. The summed E-state index contributed by atoms with van der Waals surface area (Å²) in [5.41, 5.74) is 2.24. The SMILES string of the molecule is CN(CCc1cnn(C)c1)C(=O)c1cc2c(s1)CCOC21CCNCC1.